The van der Waals surface area contributed by atoms with E-state index in [0.29, 0.717) is 6.42 Å². The summed E-state index contributed by atoms with van der Waals surface area (Å²) in [5, 5.41) is 0. The van der Waals surface area contributed by atoms with Crippen molar-refractivity contribution >= 4 is 16.0 Å². The fourth-order valence-corrected chi connectivity index (χ4v) is 2.12. The maximum Gasteiger partial charge on any atom is 0.252 e. The summed E-state index contributed by atoms with van der Waals surface area (Å²) in [5.41, 5.74) is -0.391. The number of hydrogen-bond acceptors (Lipinski definition) is 4. The van der Waals surface area contributed by atoms with E-state index in [4.69, 9.17) is 0 Å². The van der Waals surface area contributed by atoms with Crippen LogP contribution in [0.1, 0.15) is 19.8 Å². The smallest absolute Gasteiger partial charge is 0.252 e. The minimum atomic E-state index is -3.40. The SMILES string of the molecule is CCCCS(=O)(=O)Nc1nccc(=O)[nH]1. The molecule has 84 valence electrons. The third-order valence-corrected chi connectivity index (χ3v) is 3.02. The molecule has 0 unspecified atom stereocenters. The average Bonchev–Trinajstić information content (AvgIpc) is 2.14. The Morgan fingerprint density at radius 3 is 2.87 bits per heavy atom. The molecule has 1 rings (SSSR count). The molecule has 0 aliphatic heterocycles. The summed E-state index contributed by atoms with van der Waals surface area (Å²) in [7, 11) is -3.40. The number of nitrogens with zero attached hydrogens (tertiary/aromatic N) is 1. The molecule has 0 saturated carbocycles. The van der Waals surface area contributed by atoms with Crippen LogP contribution < -0.4 is 10.3 Å². The molecule has 7 heteroatoms. The minimum absolute atomic E-state index is 0.0299. The van der Waals surface area contributed by atoms with Crippen LogP contribution in [0.2, 0.25) is 0 Å². The zero-order valence-corrected chi connectivity index (χ0v) is 9.17. The fraction of sp³-hybridized carbons (Fsp3) is 0.500. The highest BCUT2D eigenvalue weighted by molar-refractivity contribution is 7.92. The molecule has 15 heavy (non-hydrogen) atoms. The molecule has 0 radical (unpaired) electrons. The van der Waals surface area contributed by atoms with E-state index in [-0.39, 0.29) is 11.7 Å². The number of aromatic amines is 1. The molecule has 0 atom stereocenters. The first kappa shape index (κ1) is 11.7. The molecular weight excluding hydrogens is 218 g/mol. The van der Waals surface area contributed by atoms with Crippen LogP contribution in [0.15, 0.2) is 17.1 Å². The highest BCUT2D eigenvalue weighted by Gasteiger charge is 2.10. The van der Waals surface area contributed by atoms with Crippen molar-refractivity contribution in [2.75, 3.05) is 10.5 Å². The van der Waals surface area contributed by atoms with Crippen LogP contribution in [0.3, 0.4) is 0 Å². The van der Waals surface area contributed by atoms with Gasteiger partial charge in [-0.25, -0.2) is 13.4 Å². The van der Waals surface area contributed by atoms with Crippen molar-refractivity contribution in [2.24, 2.45) is 0 Å². The van der Waals surface area contributed by atoms with E-state index in [2.05, 4.69) is 14.7 Å². The molecule has 0 fully saturated rings. The highest BCUT2D eigenvalue weighted by atomic mass is 32.2. The van der Waals surface area contributed by atoms with Gasteiger partial charge in [0.25, 0.3) is 5.56 Å². The number of rotatable bonds is 5. The fourth-order valence-electron chi connectivity index (χ4n) is 0.955. The van der Waals surface area contributed by atoms with Gasteiger partial charge in [-0.1, -0.05) is 13.3 Å². The van der Waals surface area contributed by atoms with Crippen molar-refractivity contribution in [1.29, 1.82) is 0 Å². The van der Waals surface area contributed by atoms with Gasteiger partial charge in [0.1, 0.15) is 0 Å². The van der Waals surface area contributed by atoms with E-state index in [1.807, 2.05) is 6.92 Å². The number of sulfonamides is 1. The summed E-state index contributed by atoms with van der Waals surface area (Å²) in [6.45, 7) is 1.90. The lowest BCUT2D eigenvalue weighted by Gasteiger charge is -2.05. The van der Waals surface area contributed by atoms with E-state index in [0.717, 1.165) is 6.42 Å². The van der Waals surface area contributed by atoms with E-state index in [1.54, 1.807) is 0 Å². The second-order valence-corrected chi connectivity index (χ2v) is 4.90. The third kappa shape index (κ3) is 4.11. The third-order valence-electron chi connectivity index (χ3n) is 1.69. The Labute approximate surface area is 87.8 Å². The molecule has 0 bridgehead atoms. The Bertz CT molecular complexity index is 466. The van der Waals surface area contributed by atoms with Gasteiger partial charge >= 0.3 is 0 Å². The lowest BCUT2D eigenvalue weighted by Crippen LogP contribution is -2.20. The summed E-state index contributed by atoms with van der Waals surface area (Å²) in [6.07, 6.45) is 2.61. The molecule has 0 saturated heterocycles. The first-order valence-electron chi connectivity index (χ1n) is 4.59. The van der Waals surface area contributed by atoms with E-state index in [1.165, 1.54) is 12.3 Å². The van der Waals surface area contributed by atoms with Crippen LogP contribution in [0.25, 0.3) is 0 Å². The average molecular weight is 231 g/mol. The lowest BCUT2D eigenvalue weighted by molar-refractivity contribution is 0.597. The van der Waals surface area contributed by atoms with E-state index >= 15 is 0 Å². The first-order valence-corrected chi connectivity index (χ1v) is 6.24. The van der Waals surface area contributed by atoms with Gasteiger partial charge in [0.2, 0.25) is 16.0 Å². The molecule has 0 aliphatic carbocycles. The van der Waals surface area contributed by atoms with Crippen LogP contribution in [0, 0.1) is 0 Å². The maximum atomic E-state index is 11.4. The van der Waals surface area contributed by atoms with Crippen LogP contribution in [0.4, 0.5) is 5.95 Å². The summed E-state index contributed by atoms with van der Waals surface area (Å²) in [4.78, 5) is 16.8. The van der Waals surface area contributed by atoms with Gasteiger partial charge < -0.3 is 0 Å². The Kier molecular flexibility index (Phi) is 3.84. The van der Waals surface area contributed by atoms with Crippen molar-refractivity contribution in [3.8, 4) is 0 Å². The standard InChI is InChI=1S/C8H13N3O3S/c1-2-3-6-15(13,14)11-8-9-5-4-7(12)10-8/h4-5H,2-3,6H2,1H3,(H2,9,10,11,12). The normalized spacial score (nSPS) is 11.3. The number of anilines is 1. The van der Waals surface area contributed by atoms with Crippen molar-refractivity contribution in [1.82, 2.24) is 9.97 Å². The van der Waals surface area contributed by atoms with Gasteiger partial charge in [0.05, 0.1) is 5.75 Å². The van der Waals surface area contributed by atoms with Crippen molar-refractivity contribution in [3.05, 3.63) is 22.6 Å². The number of nitrogens with one attached hydrogen (secondary N) is 2. The number of unbranched alkanes of at least 4 members (excludes halogenated alkanes) is 1. The summed E-state index contributed by atoms with van der Waals surface area (Å²) >= 11 is 0. The lowest BCUT2D eigenvalue weighted by atomic mass is 10.4. The summed E-state index contributed by atoms with van der Waals surface area (Å²) in [5.74, 6) is -0.0131. The van der Waals surface area contributed by atoms with Gasteiger partial charge in [-0.15, -0.1) is 0 Å². The summed E-state index contributed by atoms with van der Waals surface area (Å²) < 4.78 is 25.0. The molecule has 1 aromatic heterocycles. The zero-order valence-electron chi connectivity index (χ0n) is 8.36. The van der Waals surface area contributed by atoms with Crippen LogP contribution in [-0.2, 0) is 10.0 Å². The minimum Gasteiger partial charge on any atom is -0.292 e. The van der Waals surface area contributed by atoms with Gasteiger partial charge in [-0.05, 0) is 6.42 Å². The van der Waals surface area contributed by atoms with Crippen molar-refractivity contribution in [3.63, 3.8) is 0 Å². The summed E-state index contributed by atoms with van der Waals surface area (Å²) in [6, 6.07) is 1.21. The van der Waals surface area contributed by atoms with Gasteiger partial charge in [-0.3, -0.25) is 14.5 Å². The number of H-pyrrole nitrogens is 1. The van der Waals surface area contributed by atoms with Gasteiger partial charge in [0.15, 0.2) is 0 Å². The molecule has 6 nitrogen and oxygen atoms in total. The molecule has 0 spiro atoms. The van der Waals surface area contributed by atoms with Crippen LogP contribution in [0.5, 0.6) is 0 Å². The van der Waals surface area contributed by atoms with Crippen LogP contribution in [-0.4, -0.2) is 24.1 Å². The molecule has 1 heterocycles. The molecule has 1 aromatic rings. The predicted octanol–water partition coefficient (Wildman–Crippen LogP) is 0.312. The van der Waals surface area contributed by atoms with Gasteiger partial charge in [-0.2, -0.15) is 0 Å². The maximum absolute atomic E-state index is 11.4. The molecule has 0 amide bonds. The number of aromatic nitrogens is 2. The van der Waals surface area contributed by atoms with Crippen molar-refractivity contribution < 1.29 is 8.42 Å². The second kappa shape index (κ2) is 4.92. The highest BCUT2D eigenvalue weighted by Crippen LogP contribution is 2.00. The van der Waals surface area contributed by atoms with E-state index in [9.17, 15) is 13.2 Å². The second-order valence-electron chi connectivity index (χ2n) is 3.06. The monoisotopic (exact) mass is 231 g/mol. The molecule has 0 aliphatic rings. The zero-order chi connectivity index (χ0) is 11.3. The van der Waals surface area contributed by atoms with Crippen LogP contribution >= 0.6 is 0 Å². The first-order chi connectivity index (χ1) is 7.03. The molecule has 0 aromatic carbocycles. The topological polar surface area (TPSA) is 91.9 Å². The van der Waals surface area contributed by atoms with E-state index < -0.39 is 15.6 Å². The van der Waals surface area contributed by atoms with Crippen molar-refractivity contribution in [2.45, 2.75) is 19.8 Å². The number of hydrogen-bond donors (Lipinski definition) is 2. The Balaban J connectivity index is 2.73. The Hall–Kier alpha value is -1.37. The molecule has 2 N–H and O–H groups in total. The Morgan fingerprint density at radius 2 is 2.27 bits per heavy atom. The predicted molar refractivity (Wildman–Crippen MR) is 57.2 cm³/mol. The Morgan fingerprint density at radius 1 is 1.53 bits per heavy atom. The largest absolute Gasteiger partial charge is 0.292 e. The quantitative estimate of drug-likeness (QED) is 0.763. The molecular formula is C8H13N3O3S. The van der Waals surface area contributed by atoms with Gasteiger partial charge in [0, 0.05) is 12.3 Å².